The van der Waals surface area contributed by atoms with Gasteiger partial charge < -0.3 is 0 Å². The molecule has 0 unspecified atom stereocenters. The number of halogens is 1. The van der Waals surface area contributed by atoms with Crippen molar-refractivity contribution in [3.05, 3.63) is 34.3 Å². The van der Waals surface area contributed by atoms with Crippen LogP contribution in [0.3, 0.4) is 0 Å². The first-order chi connectivity index (χ1) is 7.25. The van der Waals surface area contributed by atoms with Crippen LogP contribution in [0.4, 0.5) is 0 Å². The van der Waals surface area contributed by atoms with Crippen molar-refractivity contribution in [2.75, 3.05) is 13.2 Å². The zero-order valence-electron chi connectivity index (χ0n) is 8.59. The van der Waals surface area contributed by atoms with Crippen LogP contribution >= 0.6 is 11.6 Å². The maximum atomic E-state index is 6.13. The molecule has 0 bridgehead atoms. The molecule has 0 atom stereocenters. The molecule has 0 aliphatic carbocycles. The molecule has 2 rings (SSSR count). The van der Waals surface area contributed by atoms with Crippen molar-refractivity contribution in [3.63, 3.8) is 0 Å². The van der Waals surface area contributed by atoms with Crippen LogP contribution in [0.1, 0.15) is 11.1 Å². The van der Waals surface area contributed by atoms with Crippen LogP contribution in [0.5, 0.6) is 0 Å². The molecule has 1 aliphatic rings. The molecule has 0 radical (unpaired) electrons. The second-order valence-electron chi connectivity index (χ2n) is 3.55. The quantitative estimate of drug-likeness (QED) is 0.835. The minimum absolute atomic E-state index is 0.630. The lowest BCUT2D eigenvalue weighted by Gasteiger charge is -2.15. The SMILES string of the molecule is Cc1ccc(CC2=NCCON2)c(Cl)c1. The van der Waals surface area contributed by atoms with E-state index in [1.165, 1.54) is 5.56 Å². The maximum absolute atomic E-state index is 6.13. The van der Waals surface area contributed by atoms with E-state index in [2.05, 4.69) is 10.5 Å². The molecule has 1 aromatic carbocycles. The molecule has 15 heavy (non-hydrogen) atoms. The number of benzene rings is 1. The van der Waals surface area contributed by atoms with E-state index in [1.54, 1.807) is 0 Å². The van der Waals surface area contributed by atoms with Crippen molar-refractivity contribution in [2.45, 2.75) is 13.3 Å². The molecule has 1 N–H and O–H groups in total. The van der Waals surface area contributed by atoms with Crippen molar-refractivity contribution in [2.24, 2.45) is 4.99 Å². The topological polar surface area (TPSA) is 33.6 Å². The van der Waals surface area contributed by atoms with Gasteiger partial charge in [-0.15, -0.1) is 0 Å². The van der Waals surface area contributed by atoms with Gasteiger partial charge in [-0.3, -0.25) is 15.3 Å². The fraction of sp³-hybridized carbons (Fsp3) is 0.364. The van der Waals surface area contributed by atoms with Crippen LogP contribution in [-0.4, -0.2) is 19.0 Å². The first-order valence-electron chi connectivity index (χ1n) is 4.92. The molecule has 0 saturated carbocycles. The number of nitrogens with one attached hydrogen (secondary N) is 1. The molecular formula is C11H13ClN2O. The Morgan fingerprint density at radius 1 is 1.53 bits per heavy atom. The summed E-state index contributed by atoms with van der Waals surface area (Å²) in [5.74, 6) is 0.840. The van der Waals surface area contributed by atoms with E-state index in [0.29, 0.717) is 19.6 Å². The van der Waals surface area contributed by atoms with Crippen LogP contribution in [0.2, 0.25) is 5.02 Å². The molecule has 0 amide bonds. The molecular weight excluding hydrogens is 212 g/mol. The fourth-order valence-electron chi connectivity index (χ4n) is 1.46. The van der Waals surface area contributed by atoms with Gasteiger partial charge in [0.05, 0.1) is 13.2 Å². The van der Waals surface area contributed by atoms with Crippen molar-refractivity contribution in [3.8, 4) is 0 Å². The highest BCUT2D eigenvalue weighted by Crippen LogP contribution is 2.18. The predicted molar refractivity (Wildman–Crippen MR) is 61.3 cm³/mol. The van der Waals surface area contributed by atoms with E-state index in [1.807, 2.05) is 25.1 Å². The second kappa shape index (κ2) is 4.64. The molecule has 80 valence electrons. The van der Waals surface area contributed by atoms with Gasteiger partial charge >= 0.3 is 0 Å². The fourth-order valence-corrected chi connectivity index (χ4v) is 1.76. The summed E-state index contributed by atoms with van der Waals surface area (Å²) >= 11 is 6.13. The number of aliphatic imine (C=N–C) groups is 1. The molecule has 0 saturated heterocycles. The third-order valence-electron chi connectivity index (χ3n) is 2.25. The lowest BCUT2D eigenvalue weighted by molar-refractivity contribution is 0.0808. The highest BCUT2D eigenvalue weighted by molar-refractivity contribution is 6.31. The summed E-state index contributed by atoms with van der Waals surface area (Å²) in [6.07, 6.45) is 0.694. The Bertz CT molecular complexity index is 390. The van der Waals surface area contributed by atoms with Gasteiger partial charge in [-0.1, -0.05) is 23.7 Å². The summed E-state index contributed by atoms with van der Waals surface area (Å²) in [4.78, 5) is 9.40. The number of nitrogens with zero attached hydrogens (tertiary/aromatic N) is 1. The summed E-state index contributed by atoms with van der Waals surface area (Å²) in [5.41, 5.74) is 5.03. The van der Waals surface area contributed by atoms with Gasteiger partial charge in [0.15, 0.2) is 0 Å². The number of aryl methyl sites for hydroxylation is 1. The Morgan fingerprint density at radius 3 is 3.07 bits per heavy atom. The number of hydrogen-bond donors (Lipinski definition) is 1. The van der Waals surface area contributed by atoms with Crippen LogP contribution in [0.15, 0.2) is 23.2 Å². The van der Waals surface area contributed by atoms with Gasteiger partial charge in [-0.25, -0.2) is 0 Å². The zero-order chi connectivity index (χ0) is 10.7. The Morgan fingerprint density at radius 2 is 2.40 bits per heavy atom. The first kappa shape index (κ1) is 10.5. The largest absolute Gasteiger partial charge is 0.273 e. The third-order valence-corrected chi connectivity index (χ3v) is 2.60. The molecule has 1 aromatic rings. The predicted octanol–water partition coefficient (Wildman–Crippen LogP) is 2.12. The smallest absolute Gasteiger partial charge is 0.125 e. The van der Waals surface area contributed by atoms with Gasteiger partial charge in [0.1, 0.15) is 5.84 Å². The number of hydroxylamine groups is 1. The number of hydrogen-bond acceptors (Lipinski definition) is 3. The highest BCUT2D eigenvalue weighted by atomic mass is 35.5. The summed E-state index contributed by atoms with van der Waals surface area (Å²) in [6, 6.07) is 6.03. The van der Waals surface area contributed by atoms with Gasteiger partial charge in [0.25, 0.3) is 0 Å². The first-order valence-corrected chi connectivity index (χ1v) is 5.29. The Labute approximate surface area is 94.1 Å². The Hall–Kier alpha value is -1.06. The van der Waals surface area contributed by atoms with Crippen LogP contribution in [-0.2, 0) is 11.3 Å². The van der Waals surface area contributed by atoms with Crippen molar-refractivity contribution in [1.29, 1.82) is 0 Å². The monoisotopic (exact) mass is 224 g/mol. The van der Waals surface area contributed by atoms with E-state index >= 15 is 0 Å². The van der Waals surface area contributed by atoms with E-state index in [4.69, 9.17) is 16.4 Å². The maximum Gasteiger partial charge on any atom is 0.125 e. The lowest BCUT2D eigenvalue weighted by Crippen LogP contribution is -2.31. The van der Waals surface area contributed by atoms with Crippen molar-refractivity contribution < 1.29 is 4.84 Å². The molecule has 0 spiro atoms. The molecule has 1 heterocycles. The summed E-state index contributed by atoms with van der Waals surface area (Å²) in [5, 5.41) is 0.782. The van der Waals surface area contributed by atoms with Crippen molar-refractivity contribution in [1.82, 2.24) is 5.48 Å². The molecule has 4 heteroatoms. The average Bonchev–Trinajstić information content (AvgIpc) is 2.24. The van der Waals surface area contributed by atoms with Crippen LogP contribution in [0, 0.1) is 6.92 Å². The normalized spacial score (nSPS) is 15.7. The third kappa shape index (κ3) is 2.70. The minimum Gasteiger partial charge on any atom is -0.273 e. The lowest BCUT2D eigenvalue weighted by atomic mass is 10.1. The van der Waals surface area contributed by atoms with E-state index in [-0.39, 0.29) is 0 Å². The highest BCUT2D eigenvalue weighted by Gasteiger charge is 2.08. The van der Waals surface area contributed by atoms with E-state index in [0.717, 1.165) is 16.4 Å². The van der Waals surface area contributed by atoms with Gasteiger partial charge in [-0.2, -0.15) is 0 Å². The second-order valence-corrected chi connectivity index (χ2v) is 3.96. The standard InChI is InChI=1S/C11H13ClN2O/c1-8-2-3-9(10(12)6-8)7-11-13-4-5-15-14-11/h2-3,6H,4-5,7H2,1H3,(H,13,14). The molecule has 1 aliphatic heterocycles. The molecule has 0 aromatic heterocycles. The zero-order valence-corrected chi connectivity index (χ0v) is 9.34. The van der Waals surface area contributed by atoms with Gasteiger partial charge in [0, 0.05) is 11.4 Å². The van der Waals surface area contributed by atoms with Gasteiger partial charge in [0.2, 0.25) is 0 Å². The van der Waals surface area contributed by atoms with E-state index < -0.39 is 0 Å². The van der Waals surface area contributed by atoms with Gasteiger partial charge in [-0.05, 0) is 24.1 Å². The summed E-state index contributed by atoms with van der Waals surface area (Å²) < 4.78 is 0. The Kier molecular flexibility index (Phi) is 3.23. The molecule has 0 fully saturated rings. The molecule has 3 nitrogen and oxygen atoms in total. The Balaban J connectivity index is 2.13. The van der Waals surface area contributed by atoms with E-state index in [9.17, 15) is 0 Å². The average molecular weight is 225 g/mol. The summed E-state index contributed by atoms with van der Waals surface area (Å²) in [6.45, 7) is 3.37. The van der Waals surface area contributed by atoms with Crippen LogP contribution < -0.4 is 5.48 Å². The number of rotatable bonds is 2. The summed E-state index contributed by atoms with van der Waals surface area (Å²) in [7, 11) is 0. The minimum atomic E-state index is 0.630. The van der Waals surface area contributed by atoms with Crippen LogP contribution in [0.25, 0.3) is 0 Å². The number of amidine groups is 1. The van der Waals surface area contributed by atoms with Crippen molar-refractivity contribution >= 4 is 17.4 Å².